The Morgan fingerprint density at radius 1 is 0.968 bits per heavy atom. The summed E-state index contributed by atoms with van der Waals surface area (Å²) in [6, 6.07) is 22.6. The highest BCUT2D eigenvalue weighted by atomic mass is 15.5. The number of fused-ring (bicyclic) bond motifs is 1. The monoisotopic (exact) mass is 409 g/mol. The van der Waals surface area contributed by atoms with Gasteiger partial charge in [0.2, 0.25) is 0 Å². The van der Waals surface area contributed by atoms with Gasteiger partial charge >= 0.3 is 0 Å². The summed E-state index contributed by atoms with van der Waals surface area (Å²) in [7, 11) is 0. The molecule has 2 heterocycles. The Bertz CT molecular complexity index is 1300. The van der Waals surface area contributed by atoms with E-state index in [-0.39, 0.29) is 6.04 Å². The predicted octanol–water partition coefficient (Wildman–Crippen LogP) is 4.42. The van der Waals surface area contributed by atoms with Gasteiger partial charge in [-0.2, -0.15) is 0 Å². The molecular weight excluding hydrogens is 386 g/mol. The fraction of sp³-hybridized carbons (Fsp3) is 0.167. The number of rotatable bonds is 6. The summed E-state index contributed by atoms with van der Waals surface area (Å²) in [6.07, 6.45) is 1.70. The highest BCUT2D eigenvalue weighted by Crippen LogP contribution is 2.28. The van der Waals surface area contributed by atoms with Gasteiger partial charge in [-0.05, 0) is 53.6 Å². The second-order valence-electron chi connectivity index (χ2n) is 7.81. The molecule has 0 aliphatic rings. The van der Waals surface area contributed by atoms with Crippen LogP contribution in [0.15, 0.2) is 73.1 Å². The molecule has 0 aliphatic heterocycles. The van der Waals surface area contributed by atoms with Gasteiger partial charge in [0.05, 0.1) is 23.9 Å². The van der Waals surface area contributed by atoms with Crippen LogP contribution in [0.4, 0.5) is 5.69 Å². The zero-order chi connectivity index (χ0) is 21.2. The number of aryl methyl sites for hydroxylation is 2. The lowest BCUT2D eigenvalue weighted by atomic mass is 10.00. The molecule has 31 heavy (non-hydrogen) atoms. The minimum atomic E-state index is -0.210. The number of benzene rings is 3. The van der Waals surface area contributed by atoms with Crippen molar-refractivity contribution in [2.75, 3.05) is 5.32 Å². The maximum atomic E-state index is 4.42. The molecule has 154 valence electrons. The molecular formula is C24H23N7. The topological polar surface area (TPSA) is 84.3 Å². The van der Waals surface area contributed by atoms with Crippen molar-refractivity contribution in [2.24, 2.45) is 0 Å². The molecule has 0 spiro atoms. The standard InChI is InChI=1S/C24H23N7/c1-16-10-17(2)12-19(11-16)23(27-20-8-9-21-22(13-20)26-15-25-21)24-28-29-30-31(24)14-18-6-4-3-5-7-18/h3-13,15,23,27H,14H2,1-2H3,(H,25,26). The predicted molar refractivity (Wildman–Crippen MR) is 121 cm³/mol. The van der Waals surface area contributed by atoms with Crippen LogP contribution in [-0.4, -0.2) is 30.2 Å². The maximum absolute atomic E-state index is 4.42. The van der Waals surface area contributed by atoms with Crippen molar-refractivity contribution in [3.8, 4) is 0 Å². The van der Waals surface area contributed by atoms with Gasteiger partial charge in [-0.25, -0.2) is 9.67 Å². The molecule has 0 radical (unpaired) electrons. The minimum Gasteiger partial charge on any atom is -0.371 e. The third-order valence-electron chi connectivity index (χ3n) is 5.30. The number of hydrogen-bond acceptors (Lipinski definition) is 5. The molecule has 2 aromatic heterocycles. The van der Waals surface area contributed by atoms with Gasteiger partial charge in [0.15, 0.2) is 5.82 Å². The first-order valence-electron chi connectivity index (χ1n) is 10.2. The number of nitrogens with zero attached hydrogens (tertiary/aromatic N) is 5. The molecule has 1 atom stereocenters. The Labute approximate surface area is 180 Å². The number of anilines is 1. The fourth-order valence-electron chi connectivity index (χ4n) is 3.95. The quantitative estimate of drug-likeness (QED) is 0.434. The van der Waals surface area contributed by atoms with E-state index in [0.717, 1.165) is 33.7 Å². The molecule has 7 heteroatoms. The molecule has 0 saturated carbocycles. The summed E-state index contributed by atoms with van der Waals surface area (Å²) in [5.74, 6) is 0.763. The van der Waals surface area contributed by atoms with Gasteiger partial charge in [0.1, 0.15) is 6.04 Å². The van der Waals surface area contributed by atoms with E-state index in [1.165, 1.54) is 11.1 Å². The van der Waals surface area contributed by atoms with Gasteiger partial charge in [0, 0.05) is 5.69 Å². The van der Waals surface area contributed by atoms with Crippen LogP contribution in [0.2, 0.25) is 0 Å². The van der Waals surface area contributed by atoms with E-state index in [2.05, 4.69) is 81.1 Å². The minimum absolute atomic E-state index is 0.210. The summed E-state index contributed by atoms with van der Waals surface area (Å²) in [4.78, 5) is 7.48. The van der Waals surface area contributed by atoms with Gasteiger partial charge < -0.3 is 10.3 Å². The van der Waals surface area contributed by atoms with Crippen LogP contribution in [-0.2, 0) is 6.54 Å². The average Bonchev–Trinajstić information content (AvgIpc) is 3.41. The zero-order valence-corrected chi connectivity index (χ0v) is 17.4. The number of hydrogen-bond donors (Lipinski definition) is 2. The lowest BCUT2D eigenvalue weighted by Gasteiger charge is -2.21. The van der Waals surface area contributed by atoms with Crippen LogP contribution in [0.3, 0.4) is 0 Å². The number of aromatic amines is 1. The molecule has 0 fully saturated rings. The second-order valence-corrected chi connectivity index (χ2v) is 7.81. The van der Waals surface area contributed by atoms with Crippen LogP contribution in [0.1, 0.15) is 34.1 Å². The van der Waals surface area contributed by atoms with E-state index < -0.39 is 0 Å². The van der Waals surface area contributed by atoms with Crippen molar-refractivity contribution in [2.45, 2.75) is 26.4 Å². The van der Waals surface area contributed by atoms with E-state index in [1.807, 2.05) is 35.0 Å². The van der Waals surface area contributed by atoms with Crippen LogP contribution in [0.25, 0.3) is 11.0 Å². The lowest BCUT2D eigenvalue weighted by Crippen LogP contribution is -2.19. The van der Waals surface area contributed by atoms with Gasteiger partial charge in [-0.15, -0.1) is 5.10 Å². The van der Waals surface area contributed by atoms with Crippen LogP contribution in [0, 0.1) is 13.8 Å². The smallest absolute Gasteiger partial charge is 0.178 e. The third-order valence-corrected chi connectivity index (χ3v) is 5.30. The van der Waals surface area contributed by atoms with E-state index in [0.29, 0.717) is 6.54 Å². The molecule has 1 unspecified atom stereocenters. The zero-order valence-electron chi connectivity index (χ0n) is 17.4. The Morgan fingerprint density at radius 2 is 1.77 bits per heavy atom. The fourth-order valence-corrected chi connectivity index (χ4v) is 3.95. The Kier molecular flexibility index (Phi) is 4.92. The first kappa shape index (κ1) is 19.0. The Morgan fingerprint density at radius 3 is 2.58 bits per heavy atom. The summed E-state index contributed by atoms with van der Waals surface area (Å²) in [5, 5.41) is 16.4. The summed E-state index contributed by atoms with van der Waals surface area (Å²) < 4.78 is 1.86. The van der Waals surface area contributed by atoms with Crippen LogP contribution >= 0.6 is 0 Å². The largest absolute Gasteiger partial charge is 0.371 e. The highest BCUT2D eigenvalue weighted by Gasteiger charge is 2.22. The van der Waals surface area contributed by atoms with Crippen molar-refractivity contribution in [3.05, 3.63) is 101 Å². The van der Waals surface area contributed by atoms with Crippen LogP contribution < -0.4 is 5.32 Å². The molecule has 0 amide bonds. The number of tetrazole rings is 1. The average molecular weight is 409 g/mol. The molecule has 3 aromatic carbocycles. The van der Waals surface area contributed by atoms with Crippen molar-refractivity contribution < 1.29 is 0 Å². The summed E-state index contributed by atoms with van der Waals surface area (Å²) in [5.41, 5.74) is 7.55. The van der Waals surface area contributed by atoms with Crippen molar-refractivity contribution >= 4 is 16.7 Å². The van der Waals surface area contributed by atoms with E-state index in [4.69, 9.17) is 0 Å². The molecule has 7 nitrogen and oxygen atoms in total. The third kappa shape index (κ3) is 4.02. The SMILES string of the molecule is Cc1cc(C)cc(C(Nc2ccc3nc[nH]c3c2)c2nnnn2Cc2ccccc2)c1. The maximum Gasteiger partial charge on any atom is 0.178 e. The lowest BCUT2D eigenvalue weighted by molar-refractivity contribution is 0.607. The molecule has 5 aromatic rings. The number of nitrogens with one attached hydrogen (secondary N) is 2. The first-order chi connectivity index (χ1) is 15.2. The highest BCUT2D eigenvalue weighted by molar-refractivity contribution is 5.78. The Balaban J connectivity index is 1.56. The van der Waals surface area contributed by atoms with Crippen molar-refractivity contribution in [1.29, 1.82) is 0 Å². The first-order valence-corrected chi connectivity index (χ1v) is 10.2. The van der Waals surface area contributed by atoms with E-state index >= 15 is 0 Å². The molecule has 0 aliphatic carbocycles. The van der Waals surface area contributed by atoms with Crippen LogP contribution in [0.5, 0.6) is 0 Å². The number of imidazole rings is 1. The van der Waals surface area contributed by atoms with Gasteiger partial charge in [0.25, 0.3) is 0 Å². The van der Waals surface area contributed by atoms with Crippen molar-refractivity contribution in [1.82, 2.24) is 30.2 Å². The second kappa shape index (κ2) is 8.02. The Hall–Kier alpha value is -4.00. The van der Waals surface area contributed by atoms with Crippen molar-refractivity contribution in [3.63, 3.8) is 0 Å². The summed E-state index contributed by atoms with van der Waals surface area (Å²) >= 11 is 0. The molecule has 0 bridgehead atoms. The number of H-pyrrole nitrogens is 1. The van der Waals surface area contributed by atoms with E-state index in [9.17, 15) is 0 Å². The molecule has 2 N–H and O–H groups in total. The van der Waals surface area contributed by atoms with Gasteiger partial charge in [-0.1, -0.05) is 59.7 Å². The molecule has 0 saturated heterocycles. The van der Waals surface area contributed by atoms with E-state index in [1.54, 1.807) is 6.33 Å². The summed E-state index contributed by atoms with van der Waals surface area (Å²) in [6.45, 7) is 4.82. The molecule has 5 rings (SSSR count). The van der Waals surface area contributed by atoms with Gasteiger partial charge in [-0.3, -0.25) is 0 Å². The normalized spacial score (nSPS) is 12.2. The number of aromatic nitrogens is 6.